The number of ether oxygens (including phenoxy) is 1. The Labute approximate surface area is 133 Å². The molecular formula is C15H19ClN2O4. The molecule has 1 aromatic heterocycles. The molecule has 0 unspecified atom stereocenters. The summed E-state index contributed by atoms with van der Waals surface area (Å²) in [5, 5.41) is 0.293. The first-order valence-corrected chi connectivity index (χ1v) is 7.75. The van der Waals surface area contributed by atoms with E-state index >= 15 is 0 Å². The third-order valence-electron chi connectivity index (χ3n) is 3.69. The van der Waals surface area contributed by atoms with Crippen molar-refractivity contribution in [3.05, 3.63) is 33.2 Å². The van der Waals surface area contributed by atoms with Crippen LogP contribution in [-0.4, -0.2) is 41.0 Å². The Kier molecular flexibility index (Phi) is 5.60. The molecular weight excluding hydrogens is 308 g/mol. The minimum absolute atomic E-state index is 0.00302. The van der Waals surface area contributed by atoms with Crippen molar-refractivity contribution in [2.24, 2.45) is 0 Å². The van der Waals surface area contributed by atoms with E-state index in [1.165, 1.54) is 12.3 Å². The van der Waals surface area contributed by atoms with Gasteiger partial charge in [-0.25, -0.2) is 0 Å². The first-order valence-electron chi connectivity index (χ1n) is 7.37. The summed E-state index contributed by atoms with van der Waals surface area (Å²) in [6.07, 6.45) is 4.01. The summed E-state index contributed by atoms with van der Waals surface area (Å²) < 4.78 is 4.96. The number of carbonyl (C=O) groups is 2. The number of likely N-dealkylation sites (tertiary alicyclic amines) is 1. The molecule has 1 aromatic rings. The monoisotopic (exact) mass is 326 g/mol. The van der Waals surface area contributed by atoms with Crippen molar-refractivity contribution in [1.29, 1.82) is 0 Å². The second-order valence-electron chi connectivity index (χ2n) is 5.22. The lowest BCUT2D eigenvalue weighted by Gasteiger charge is -2.35. The molecule has 1 aliphatic rings. The van der Waals surface area contributed by atoms with Crippen LogP contribution in [0.25, 0.3) is 0 Å². The Hall–Kier alpha value is -1.82. The molecule has 0 aromatic carbocycles. The van der Waals surface area contributed by atoms with E-state index in [9.17, 15) is 14.4 Å². The van der Waals surface area contributed by atoms with E-state index in [1.807, 2.05) is 0 Å². The van der Waals surface area contributed by atoms with Crippen molar-refractivity contribution < 1.29 is 14.3 Å². The first-order chi connectivity index (χ1) is 10.5. The van der Waals surface area contributed by atoms with Crippen molar-refractivity contribution >= 4 is 23.5 Å². The number of aromatic amines is 1. The van der Waals surface area contributed by atoms with E-state index in [-0.39, 0.29) is 24.0 Å². The van der Waals surface area contributed by atoms with Gasteiger partial charge in [0.05, 0.1) is 18.1 Å². The Bertz CT molecular complexity index is 614. The molecule has 0 spiro atoms. The molecule has 2 rings (SSSR count). The SMILES string of the molecule is CCOC(=O)C[C@@H]1CCCCN1C(=O)c1cc(Cl)c[nH]c1=O. The average molecular weight is 327 g/mol. The third-order valence-corrected chi connectivity index (χ3v) is 3.91. The zero-order valence-electron chi connectivity index (χ0n) is 12.4. The lowest BCUT2D eigenvalue weighted by molar-refractivity contribution is -0.144. The van der Waals surface area contributed by atoms with Gasteiger partial charge in [0.1, 0.15) is 5.56 Å². The van der Waals surface area contributed by atoms with Crippen LogP contribution in [0.1, 0.15) is 43.0 Å². The van der Waals surface area contributed by atoms with E-state index in [0.717, 1.165) is 19.3 Å². The van der Waals surface area contributed by atoms with E-state index in [4.69, 9.17) is 16.3 Å². The molecule has 1 N–H and O–H groups in total. The summed E-state index contributed by atoms with van der Waals surface area (Å²) in [6.45, 7) is 2.58. The van der Waals surface area contributed by atoms with Crippen LogP contribution in [0, 0.1) is 0 Å². The highest BCUT2D eigenvalue weighted by atomic mass is 35.5. The van der Waals surface area contributed by atoms with Gasteiger partial charge in [0, 0.05) is 18.8 Å². The number of pyridine rings is 1. The van der Waals surface area contributed by atoms with E-state index < -0.39 is 11.5 Å². The van der Waals surface area contributed by atoms with Gasteiger partial charge >= 0.3 is 5.97 Å². The number of nitrogens with one attached hydrogen (secondary N) is 1. The second kappa shape index (κ2) is 7.45. The van der Waals surface area contributed by atoms with Gasteiger partial charge in [-0.2, -0.15) is 0 Å². The topological polar surface area (TPSA) is 79.5 Å². The van der Waals surface area contributed by atoms with Gasteiger partial charge in [0.25, 0.3) is 11.5 Å². The van der Waals surface area contributed by atoms with E-state index in [2.05, 4.69) is 4.98 Å². The van der Waals surface area contributed by atoms with Crippen molar-refractivity contribution in [3.8, 4) is 0 Å². The second-order valence-corrected chi connectivity index (χ2v) is 5.65. The summed E-state index contributed by atoms with van der Waals surface area (Å²) >= 11 is 5.85. The molecule has 7 heteroatoms. The number of nitrogens with zero attached hydrogens (tertiary/aromatic N) is 1. The number of rotatable bonds is 4. The predicted octanol–water partition coefficient (Wildman–Crippen LogP) is 1.98. The molecule has 2 heterocycles. The molecule has 1 aliphatic heterocycles. The Morgan fingerprint density at radius 2 is 2.23 bits per heavy atom. The highest BCUT2D eigenvalue weighted by Gasteiger charge is 2.30. The maximum atomic E-state index is 12.6. The molecule has 1 saturated heterocycles. The molecule has 0 aliphatic carbocycles. The fourth-order valence-corrected chi connectivity index (χ4v) is 2.83. The predicted molar refractivity (Wildman–Crippen MR) is 82.0 cm³/mol. The third kappa shape index (κ3) is 3.88. The van der Waals surface area contributed by atoms with Crippen LogP contribution in [0.4, 0.5) is 0 Å². The molecule has 22 heavy (non-hydrogen) atoms. The minimum atomic E-state index is -0.477. The average Bonchev–Trinajstić information content (AvgIpc) is 2.50. The highest BCUT2D eigenvalue weighted by molar-refractivity contribution is 6.30. The minimum Gasteiger partial charge on any atom is -0.466 e. The van der Waals surface area contributed by atoms with Crippen molar-refractivity contribution in [2.75, 3.05) is 13.2 Å². The van der Waals surface area contributed by atoms with Crippen LogP contribution in [-0.2, 0) is 9.53 Å². The summed E-state index contributed by atoms with van der Waals surface area (Å²) in [5.41, 5.74) is -0.474. The van der Waals surface area contributed by atoms with Crippen molar-refractivity contribution in [2.45, 2.75) is 38.6 Å². The molecule has 1 atom stereocenters. The van der Waals surface area contributed by atoms with E-state index in [0.29, 0.717) is 18.2 Å². The summed E-state index contributed by atoms with van der Waals surface area (Å²) in [5.74, 6) is -0.718. The van der Waals surface area contributed by atoms with Gasteiger partial charge in [0.2, 0.25) is 0 Å². The van der Waals surface area contributed by atoms with Crippen LogP contribution in [0.3, 0.4) is 0 Å². The van der Waals surface area contributed by atoms with Gasteiger partial charge in [-0.15, -0.1) is 0 Å². The first kappa shape index (κ1) is 16.5. The number of halogens is 1. The van der Waals surface area contributed by atoms with Crippen LogP contribution in [0.15, 0.2) is 17.1 Å². The number of hydrogen-bond donors (Lipinski definition) is 1. The number of piperidine rings is 1. The quantitative estimate of drug-likeness (QED) is 0.858. The van der Waals surface area contributed by atoms with Crippen molar-refractivity contribution in [1.82, 2.24) is 9.88 Å². The molecule has 120 valence electrons. The highest BCUT2D eigenvalue weighted by Crippen LogP contribution is 2.22. The van der Waals surface area contributed by atoms with Gasteiger partial charge in [-0.05, 0) is 32.3 Å². The van der Waals surface area contributed by atoms with Crippen LogP contribution in [0.5, 0.6) is 0 Å². The van der Waals surface area contributed by atoms with Gasteiger partial charge in [-0.3, -0.25) is 14.4 Å². The van der Waals surface area contributed by atoms with Crippen LogP contribution >= 0.6 is 11.6 Å². The number of H-pyrrole nitrogens is 1. The molecule has 1 amide bonds. The lowest BCUT2D eigenvalue weighted by Crippen LogP contribution is -2.46. The van der Waals surface area contributed by atoms with Gasteiger partial charge in [0.15, 0.2) is 0 Å². The number of esters is 1. The zero-order valence-corrected chi connectivity index (χ0v) is 13.2. The summed E-state index contributed by atoms with van der Waals surface area (Å²) in [7, 11) is 0. The Morgan fingerprint density at radius 1 is 1.45 bits per heavy atom. The van der Waals surface area contributed by atoms with Gasteiger partial charge in [-0.1, -0.05) is 11.6 Å². The number of amides is 1. The lowest BCUT2D eigenvalue weighted by atomic mass is 9.98. The maximum Gasteiger partial charge on any atom is 0.307 e. The van der Waals surface area contributed by atoms with Gasteiger partial charge < -0.3 is 14.6 Å². The van der Waals surface area contributed by atoms with Crippen LogP contribution in [0.2, 0.25) is 5.02 Å². The van der Waals surface area contributed by atoms with Crippen LogP contribution < -0.4 is 5.56 Å². The zero-order chi connectivity index (χ0) is 16.1. The molecule has 0 bridgehead atoms. The fraction of sp³-hybridized carbons (Fsp3) is 0.533. The standard InChI is InChI=1S/C15H19ClN2O4/c1-2-22-13(19)8-11-5-3-4-6-18(11)15(21)12-7-10(16)9-17-14(12)20/h7,9,11H,2-6,8H2,1H3,(H,17,20)/t11-/m0/s1. The molecule has 6 nitrogen and oxygen atoms in total. The largest absolute Gasteiger partial charge is 0.466 e. The molecule has 1 fully saturated rings. The summed E-state index contributed by atoms with van der Waals surface area (Å²) in [6, 6.07) is 1.12. The smallest absolute Gasteiger partial charge is 0.307 e. The normalized spacial score (nSPS) is 18.1. The molecule has 0 saturated carbocycles. The Balaban J connectivity index is 2.19. The maximum absolute atomic E-state index is 12.6. The van der Waals surface area contributed by atoms with E-state index in [1.54, 1.807) is 11.8 Å². The summed E-state index contributed by atoms with van der Waals surface area (Å²) in [4.78, 5) is 40.2. The van der Waals surface area contributed by atoms with Crippen molar-refractivity contribution in [3.63, 3.8) is 0 Å². The number of aromatic nitrogens is 1. The fourth-order valence-electron chi connectivity index (χ4n) is 2.66. The Morgan fingerprint density at radius 3 is 2.95 bits per heavy atom. The number of hydrogen-bond acceptors (Lipinski definition) is 4. The molecule has 0 radical (unpaired) electrons. The number of carbonyl (C=O) groups excluding carboxylic acids is 2.